The first-order chi connectivity index (χ1) is 14.0. The SMILES string of the molecule is CCCCCCN(C)c1nc(-c2ccc(OC)c(OC)c2)ncc1C(=O)OCC. The predicted octanol–water partition coefficient (Wildman–Crippen LogP) is 4.35. The topological polar surface area (TPSA) is 73.8 Å². The fourth-order valence-corrected chi connectivity index (χ4v) is 3.01. The molecule has 1 aromatic heterocycles. The van der Waals surface area contributed by atoms with Crippen LogP contribution in [-0.4, -0.2) is 50.4 Å². The van der Waals surface area contributed by atoms with Crippen molar-refractivity contribution in [1.82, 2.24) is 9.97 Å². The maximum Gasteiger partial charge on any atom is 0.343 e. The number of carbonyl (C=O) groups excluding carboxylic acids is 1. The molecule has 0 amide bonds. The van der Waals surface area contributed by atoms with Gasteiger partial charge in [-0.05, 0) is 31.5 Å². The average Bonchev–Trinajstić information content (AvgIpc) is 2.75. The van der Waals surface area contributed by atoms with Gasteiger partial charge in [-0.15, -0.1) is 0 Å². The number of esters is 1. The average molecular weight is 402 g/mol. The number of ether oxygens (including phenoxy) is 3. The summed E-state index contributed by atoms with van der Waals surface area (Å²) in [5.41, 5.74) is 1.15. The van der Waals surface area contributed by atoms with Crippen molar-refractivity contribution < 1.29 is 19.0 Å². The number of anilines is 1. The van der Waals surface area contributed by atoms with Crippen LogP contribution in [0.5, 0.6) is 11.5 Å². The van der Waals surface area contributed by atoms with Crippen molar-refractivity contribution in [2.45, 2.75) is 39.5 Å². The predicted molar refractivity (Wildman–Crippen MR) is 114 cm³/mol. The normalized spacial score (nSPS) is 10.5. The lowest BCUT2D eigenvalue weighted by atomic mass is 10.1. The van der Waals surface area contributed by atoms with Gasteiger partial charge in [-0.2, -0.15) is 0 Å². The summed E-state index contributed by atoms with van der Waals surface area (Å²) in [4.78, 5) is 23.5. The maximum atomic E-state index is 12.4. The van der Waals surface area contributed by atoms with Gasteiger partial charge in [0.2, 0.25) is 0 Å². The second-order valence-electron chi connectivity index (χ2n) is 6.70. The van der Waals surface area contributed by atoms with Gasteiger partial charge in [0.1, 0.15) is 11.4 Å². The molecule has 0 radical (unpaired) electrons. The van der Waals surface area contributed by atoms with Crippen LogP contribution in [0.4, 0.5) is 5.82 Å². The Balaban J connectivity index is 2.39. The number of aromatic nitrogens is 2. The number of benzene rings is 1. The Labute approximate surface area is 173 Å². The third-order valence-electron chi connectivity index (χ3n) is 4.61. The Morgan fingerprint density at radius 2 is 1.83 bits per heavy atom. The standard InChI is InChI=1S/C22H31N3O4/c1-6-8-9-10-13-25(3)21-17(22(26)29-7-2)15-23-20(24-21)16-11-12-18(27-4)19(14-16)28-5/h11-12,14-15H,6-10,13H2,1-5H3. The highest BCUT2D eigenvalue weighted by atomic mass is 16.5. The lowest BCUT2D eigenvalue weighted by Gasteiger charge is -2.21. The molecule has 1 heterocycles. The molecule has 158 valence electrons. The zero-order valence-electron chi connectivity index (χ0n) is 18.0. The van der Waals surface area contributed by atoms with E-state index in [0.717, 1.165) is 24.9 Å². The molecule has 1 aromatic carbocycles. The summed E-state index contributed by atoms with van der Waals surface area (Å²) < 4.78 is 15.9. The van der Waals surface area contributed by atoms with Crippen molar-refractivity contribution in [2.24, 2.45) is 0 Å². The van der Waals surface area contributed by atoms with E-state index in [2.05, 4.69) is 11.9 Å². The van der Waals surface area contributed by atoms with Crippen molar-refractivity contribution in [3.05, 3.63) is 30.0 Å². The molecule has 29 heavy (non-hydrogen) atoms. The minimum absolute atomic E-state index is 0.302. The number of unbranched alkanes of at least 4 members (excludes halogenated alkanes) is 3. The molecule has 2 rings (SSSR count). The molecule has 2 aromatic rings. The molecule has 0 aliphatic heterocycles. The molecule has 0 unspecified atom stereocenters. The van der Waals surface area contributed by atoms with Crippen LogP contribution in [0.3, 0.4) is 0 Å². The summed E-state index contributed by atoms with van der Waals surface area (Å²) in [6.45, 7) is 5.07. The van der Waals surface area contributed by atoms with Crippen LogP contribution >= 0.6 is 0 Å². The van der Waals surface area contributed by atoms with Gasteiger partial charge >= 0.3 is 5.97 Å². The molecule has 0 aliphatic carbocycles. The van der Waals surface area contributed by atoms with Crippen LogP contribution < -0.4 is 14.4 Å². The van der Waals surface area contributed by atoms with E-state index in [0.29, 0.717) is 35.3 Å². The van der Waals surface area contributed by atoms with Crippen LogP contribution in [-0.2, 0) is 4.74 Å². The molecule has 7 heteroatoms. The lowest BCUT2D eigenvalue weighted by Crippen LogP contribution is -2.24. The number of rotatable bonds is 11. The summed E-state index contributed by atoms with van der Waals surface area (Å²) in [5, 5.41) is 0. The number of nitrogens with zero attached hydrogens (tertiary/aromatic N) is 3. The molecule has 0 N–H and O–H groups in total. The Kier molecular flexibility index (Phi) is 8.70. The van der Waals surface area contributed by atoms with Gasteiger partial charge in [-0.3, -0.25) is 0 Å². The first-order valence-corrected chi connectivity index (χ1v) is 10.0. The van der Waals surface area contributed by atoms with Gasteiger partial charge in [-0.1, -0.05) is 26.2 Å². The number of hydrogen-bond acceptors (Lipinski definition) is 7. The zero-order valence-corrected chi connectivity index (χ0v) is 18.0. The summed E-state index contributed by atoms with van der Waals surface area (Å²) in [5.74, 6) is 1.89. The Morgan fingerprint density at radius 1 is 1.07 bits per heavy atom. The van der Waals surface area contributed by atoms with Crippen LogP contribution in [0, 0.1) is 0 Å². The molecule has 7 nitrogen and oxygen atoms in total. The van der Waals surface area contributed by atoms with Gasteiger partial charge in [0, 0.05) is 25.4 Å². The highest BCUT2D eigenvalue weighted by molar-refractivity contribution is 5.94. The zero-order chi connectivity index (χ0) is 21.2. The Bertz CT molecular complexity index is 811. The Hall–Kier alpha value is -2.83. The van der Waals surface area contributed by atoms with Crippen LogP contribution in [0.2, 0.25) is 0 Å². The molecule has 0 saturated carbocycles. The summed E-state index contributed by atoms with van der Waals surface area (Å²) in [6, 6.07) is 5.50. The quantitative estimate of drug-likeness (QED) is 0.409. The van der Waals surface area contributed by atoms with Crippen LogP contribution in [0.25, 0.3) is 11.4 Å². The molecule has 0 atom stereocenters. The van der Waals surface area contributed by atoms with Gasteiger partial charge in [0.25, 0.3) is 0 Å². The van der Waals surface area contributed by atoms with E-state index in [-0.39, 0.29) is 0 Å². The minimum Gasteiger partial charge on any atom is -0.493 e. The molecule has 0 bridgehead atoms. The van der Waals surface area contributed by atoms with E-state index < -0.39 is 5.97 Å². The van der Waals surface area contributed by atoms with E-state index in [1.54, 1.807) is 21.1 Å². The van der Waals surface area contributed by atoms with Crippen molar-refractivity contribution in [3.63, 3.8) is 0 Å². The summed E-state index contributed by atoms with van der Waals surface area (Å²) >= 11 is 0. The van der Waals surface area contributed by atoms with Crippen LogP contribution in [0.15, 0.2) is 24.4 Å². The van der Waals surface area contributed by atoms with E-state index in [1.807, 2.05) is 30.1 Å². The monoisotopic (exact) mass is 401 g/mol. The summed E-state index contributed by atoms with van der Waals surface area (Å²) in [6.07, 6.45) is 6.08. The second kappa shape index (κ2) is 11.2. The first kappa shape index (κ1) is 22.5. The van der Waals surface area contributed by atoms with E-state index in [9.17, 15) is 4.79 Å². The first-order valence-electron chi connectivity index (χ1n) is 10.0. The van der Waals surface area contributed by atoms with Crippen molar-refractivity contribution in [2.75, 3.05) is 39.3 Å². The fourth-order valence-electron chi connectivity index (χ4n) is 3.01. The van der Waals surface area contributed by atoms with Gasteiger partial charge in [0.15, 0.2) is 17.3 Å². The highest BCUT2D eigenvalue weighted by Gasteiger charge is 2.20. The molecule has 0 fully saturated rings. The van der Waals surface area contributed by atoms with Gasteiger partial charge in [0.05, 0.1) is 20.8 Å². The Morgan fingerprint density at radius 3 is 2.48 bits per heavy atom. The minimum atomic E-state index is -0.415. The van der Waals surface area contributed by atoms with Gasteiger partial charge in [-0.25, -0.2) is 14.8 Å². The third-order valence-corrected chi connectivity index (χ3v) is 4.61. The fraction of sp³-hybridized carbons (Fsp3) is 0.500. The number of hydrogen-bond donors (Lipinski definition) is 0. The molecular formula is C22H31N3O4. The van der Waals surface area contributed by atoms with Crippen molar-refractivity contribution >= 4 is 11.8 Å². The summed E-state index contributed by atoms with van der Waals surface area (Å²) in [7, 11) is 5.12. The second-order valence-corrected chi connectivity index (χ2v) is 6.70. The van der Waals surface area contributed by atoms with Crippen molar-refractivity contribution in [1.29, 1.82) is 0 Å². The molecule has 0 saturated heterocycles. The third kappa shape index (κ3) is 5.82. The van der Waals surface area contributed by atoms with Gasteiger partial charge < -0.3 is 19.1 Å². The smallest absolute Gasteiger partial charge is 0.343 e. The number of methoxy groups -OCH3 is 2. The number of carbonyl (C=O) groups is 1. The maximum absolute atomic E-state index is 12.4. The lowest BCUT2D eigenvalue weighted by molar-refractivity contribution is 0.0526. The van der Waals surface area contributed by atoms with Crippen LogP contribution in [0.1, 0.15) is 49.9 Å². The highest BCUT2D eigenvalue weighted by Crippen LogP contribution is 2.32. The largest absolute Gasteiger partial charge is 0.493 e. The van der Waals surface area contributed by atoms with E-state index in [4.69, 9.17) is 19.2 Å². The van der Waals surface area contributed by atoms with E-state index >= 15 is 0 Å². The van der Waals surface area contributed by atoms with Crippen molar-refractivity contribution in [3.8, 4) is 22.9 Å². The molecular weight excluding hydrogens is 370 g/mol. The molecule has 0 spiro atoms. The molecule has 0 aliphatic rings. The van der Waals surface area contributed by atoms with E-state index in [1.165, 1.54) is 19.0 Å².